The Morgan fingerprint density at radius 3 is 1.81 bits per heavy atom. The van der Waals surface area contributed by atoms with E-state index >= 15 is 0 Å². The van der Waals surface area contributed by atoms with Gasteiger partial charge in [0, 0.05) is 9.79 Å². The summed E-state index contributed by atoms with van der Waals surface area (Å²) in [7, 11) is 0. The Balaban J connectivity index is 2.36. The van der Waals surface area contributed by atoms with Gasteiger partial charge in [-0.3, -0.25) is 9.59 Å². The zero-order valence-corrected chi connectivity index (χ0v) is 11.8. The van der Waals surface area contributed by atoms with Gasteiger partial charge in [0.05, 0.1) is 6.42 Å². The molecule has 106 valence electrons. The van der Waals surface area contributed by atoms with Crippen LogP contribution in [0.5, 0.6) is 0 Å². The van der Waals surface area contributed by atoms with E-state index in [0.29, 0.717) is 11.1 Å². The summed E-state index contributed by atoms with van der Waals surface area (Å²) in [6.07, 6.45) is -0.475. The fourth-order valence-corrected chi connectivity index (χ4v) is 4.04. The number of carbonyl (C=O) groups is 2. The molecule has 2 aromatic rings. The van der Waals surface area contributed by atoms with Gasteiger partial charge in [-0.2, -0.15) is 0 Å². The highest BCUT2D eigenvalue weighted by Gasteiger charge is 2.49. The van der Waals surface area contributed by atoms with Crippen LogP contribution in [0.25, 0.3) is 0 Å². The van der Waals surface area contributed by atoms with Crippen LogP contribution in [-0.2, 0) is 15.0 Å². The lowest BCUT2D eigenvalue weighted by Gasteiger charge is -2.35. The third-order valence-corrected chi connectivity index (χ3v) is 4.85. The maximum absolute atomic E-state index is 12.1. The highest BCUT2D eigenvalue weighted by molar-refractivity contribution is 7.99. The molecule has 0 radical (unpaired) electrons. The van der Waals surface area contributed by atoms with Crippen LogP contribution < -0.4 is 0 Å². The highest BCUT2D eigenvalue weighted by atomic mass is 32.2. The fraction of sp³-hybridized carbons (Fsp3) is 0.125. The zero-order chi connectivity index (χ0) is 15.0. The van der Waals surface area contributed by atoms with Gasteiger partial charge in [0.25, 0.3) is 0 Å². The van der Waals surface area contributed by atoms with Crippen molar-refractivity contribution in [2.45, 2.75) is 21.6 Å². The summed E-state index contributed by atoms with van der Waals surface area (Å²) in [4.78, 5) is 25.0. The van der Waals surface area contributed by atoms with Crippen LogP contribution in [0.1, 0.15) is 17.5 Å². The second-order valence-electron chi connectivity index (χ2n) is 4.88. The first-order valence-electron chi connectivity index (χ1n) is 6.38. The first-order chi connectivity index (χ1) is 10.1. The molecule has 0 spiro atoms. The lowest BCUT2D eigenvalue weighted by molar-refractivity contribution is -0.149. The molecule has 0 saturated carbocycles. The zero-order valence-electron chi connectivity index (χ0n) is 10.9. The number of benzene rings is 2. The predicted molar refractivity (Wildman–Crippen MR) is 77.7 cm³/mol. The van der Waals surface area contributed by atoms with Crippen molar-refractivity contribution >= 4 is 23.7 Å². The van der Waals surface area contributed by atoms with Crippen LogP contribution in [0.4, 0.5) is 0 Å². The summed E-state index contributed by atoms with van der Waals surface area (Å²) in [5.74, 6) is -2.26. The van der Waals surface area contributed by atoms with E-state index in [2.05, 4.69) is 0 Å². The standard InChI is InChI=1S/C16H12O4S/c17-14(18)9-16(15(19)20)10-5-1-3-7-12(10)21-13-8-4-2-6-11(13)16/h1-8H,9H2,(H,17,18)(H,19,20). The SMILES string of the molecule is O=C(O)CC1(C(=O)O)c2ccccc2Sc2ccccc21. The Morgan fingerprint density at radius 1 is 0.905 bits per heavy atom. The van der Waals surface area contributed by atoms with E-state index in [1.54, 1.807) is 24.3 Å². The van der Waals surface area contributed by atoms with E-state index in [4.69, 9.17) is 0 Å². The van der Waals surface area contributed by atoms with Crippen molar-refractivity contribution < 1.29 is 19.8 Å². The Bertz CT molecular complexity index is 693. The average Bonchev–Trinajstić information content (AvgIpc) is 2.46. The summed E-state index contributed by atoms with van der Waals surface area (Å²) in [6, 6.07) is 14.2. The summed E-state index contributed by atoms with van der Waals surface area (Å²) < 4.78 is 0. The van der Waals surface area contributed by atoms with Crippen molar-refractivity contribution in [2.24, 2.45) is 0 Å². The van der Waals surface area contributed by atoms with Crippen molar-refractivity contribution in [3.05, 3.63) is 59.7 Å². The van der Waals surface area contributed by atoms with Gasteiger partial charge < -0.3 is 10.2 Å². The first kappa shape index (κ1) is 13.7. The molecule has 2 N–H and O–H groups in total. The van der Waals surface area contributed by atoms with E-state index in [1.165, 1.54) is 11.8 Å². The maximum atomic E-state index is 12.1. The van der Waals surface area contributed by atoms with Gasteiger partial charge in [0.2, 0.25) is 0 Å². The summed E-state index contributed by atoms with van der Waals surface area (Å²) in [5, 5.41) is 19.1. The number of hydrogen-bond acceptors (Lipinski definition) is 3. The lowest BCUT2D eigenvalue weighted by atomic mass is 9.71. The Morgan fingerprint density at radius 2 is 1.38 bits per heavy atom. The smallest absolute Gasteiger partial charge is 0.319 e. The Labute approximate surface area is 125 Å². The van der Waals surface area contributed by atoms with Gasteiger partial charge in [-0.1, -0.05) is 48.2 Å². The first-order valence-corrected chi connectivity index (χ1v) is 7.19. The van der Waals surface area contributed by atoms with Crippen molar-refractivity contribution in [1.29, 1.82) is 0 Å². The molecule has 4 nitrogen and oxygen atoms in total. The largest absolute Gasteiger partial charge is 0.481 e. The fourth-order valence-electron chi connectivity index (χ4n) is 2.80. The molecule has 0 fully saturated rings. The maximum Gasteiger partial charge on any atom is 0.319 e. The monoisotopic (exact) mass is 300 g/mol. The van der Waals surface area contributed by atoms with Gasteiger partial charge in [0.15, 0.2) is 0 Å². The van der Waals surface area contributed by atoms with E-state index in [9.17, 15) is 19.8 Å². The summed E-state index contributed by atoms with van der Waals surface area (Å²) in [6.45, 7) is 0. The van der Waals surface area contributed by atoms with Crippen molar-refractivity contribution in [3.63, 3.8) is 0 Å². The van der Waals surface area contributed by atoms with Crippen molar-refractivity contribution in [2.75, 3.05) is 0 Å². The highest BCUT2D eigenvalue weighted by Crippen LogP contribution is 2.50. The topological polar surface area (TPSA) is 74.6 Å². The molecule has 5 heteroatoms. The minimum Gasteiger partial charge on any atom is -0.481 e. The molecule has 3 rings (SSSR count). The molecule has 1 heterocycles. The average molecular weight is 300 g/mol. The Kier molecular flexibility index (Phi) is 3.22. The van der Waals surface area contributed by atoms with E-state index in [-0.39, 0.29) is 0 Å². The van der Waals surface area contributed by atoms with Crippen LogP contribution in [0.3, 0.4) is 0 Å². The molecule has 0 saturated heterocycles. The minimum atomic E-state index is -1.54. The van der Waals surface area contributed by atoms with Gasteiger partial charge in [-0.05, 0) is 23.3 Å². The van der Waals surface area contributed by atoms with Crippen LogP contribution >= 0.6 is 11.8 Å². The van der Waals surface area contributed by atoms with Crippen LogP contribution in [0, 0.1) is 0 Å². The minimum absolute atomic E-state index is 0.475. The predicted octanol–water partition coefficient (Wildman–Crippen LogP) is 3.00. The van der Waals surface area contributed by atoms with Crippen LogP contribution in [-0.4, -0.2) is 22.2 Å². The molecule has 1 aliphatic rings. The third-order valence-electron chi connectivity index (χ3n) is 3.70. The second-order valence-corrected chi connectivity index (χ2v) is 5.96. The number of hydrogen-bond donors (Lipinski definition) is 2. The quantitative estimate of drug-likeness (QED) is 0.911. The van der Waals surface area contributed by atoms with Crippen LogP contribution in [0.15, 0.2) is 58.3 Å². The number of fused-ring (bicyclic) bond motifs is 2. The van der Waals surface area contributed by atoms with Gasteiger partial charge >= 0.3 is 11.9 Å². The van der Waals surface area contributed by atoms with Crippen molar-refractivity contribution in [3.8, 4) is 0 Å². The molecule has 21 heavy (non-hydrogen) atoms. The molecule has 0 unspecified atom stereocenters. The van der Waals surface area contributed by atoms with Crippen LogP contribution in [0.2, 0.25) is 0 Å². The van der Waals surface area contributed by atoms with Gasteiger partial charge in [-0.15, -0.1) is 0 Å². The molecule has 0 aromatic heterocycles. The van der Waals surface area contributed by atoms with E-state index in [1.807, 2.05) is 24.3 Å². The summed E-state index contributed by atoms with van der Waals surface area (Å²) >= 11 is 1.47. The lowest BCUT2D eigenvalue weighted by Crippen LogP contribution is -2.41. The molecule has 0 atom stereocenters. The van der Waals surface area contributed by atoms with E-state index < -0.39 is 23.8 Å². The van der Waals surface area contributed by atoms with E-state index in [0.717, 1.165) is 9.79 Å². The number of rotatable bonds is 3. The molecule has 2 aromatic carbocycles. The van der Waals surface area contributed by atoms with Gasteiger partial charge in [0.1, 0.15) is 5.41 Å². The molecule has 0 amide bonds. The van der Waals surface area contributed by atoms with Gasteiger partial charge in [-0.25, -0.2) is 0 Å². The molecular formula is C16H12O4S. The second kappa shape index (κ2) is 4.93. The van der Waals surface area contributed by atoms with Crippen molar-refractivity contribution in [1.82, 2.24) is 0 Å². The normalized spacial score (nSPS) is 14.9. The molecule has 1 aliphatic heterocycles. The molecular weight excluding hydrogens is 288 g/mol. The third kappa shape index (κ3) is 2.01. The number of carboxylic acids is 2. The molecule has 0 aliphatic carbocycles. The molecule has 0 bridgehead atoms. The number of aliphatic carboxylic acids is 2. The Hall–Kier alpha value is -2.27. The number of carboxylic acid groups (broad SMARTS) is 2. The summed E-state index contributed by atoms with van der Waals surface area (Å²) in [5.41, 5.74) is -0.447.